The first-order valence-electron chi connectivity index (χ1n) is 7.02. The molecule has 0 radical (unpaired) electrons. The van der Waals surface area contributed by atoms with E-state index in [-0.39, 0.29) is 5.92 Å². The lowest BCUT2D eigenvalue weighted by molar-refractivity contribution is -0.108. The van der Waals surface area contributed by atoms with E-state index < -0.39 is 0 Å². The van der Waals surface area contributed by atoms with Crippen molar-refractivity contribution in [1.29, 1.82) is 0 Å². The molecule has 2 rings (SSSR count). The number of rotatable bonds is 6. The van der Waals surface area contributed by atoms with Crippen LogP contribution in [0.15, 0.2) is 46.9 Å². The lowest BCUT2D eigenvalue weighted by Gasteiger charge is -2.15. The third-order valence-electron chi connectivity index (χ3n) is 3.50. The maximum absolute atomic E-state index is 10.6. The number of benzene rings is 2. The molecule has 21 heavy (non-hydrogen) atoms. The van der Waals surface area contributed by atoms with Crippen LogP contribution in [0.1, 0.15) is 36.0 Å². The van der Waals surface area contributed by atoms with Gasteiger partial charge in [0.15, 0.2) is 0 Å². The zero-order valence-electron chi connectivity index (χ0n) is 12.3. The van der Waals surface area contributed by atoms with Crippen molar-refractivity contribution in [2.24, 2.45) is 0 Å². The molecule has 1 atom stereocenters. The van der Waals surface area contributed by atoms with Crippen molar-refractivity contribution in [2.45, 2.75) is 32.8 Å². The van der Waals surface area contributed by atoms with Crippen LogP contribution in [0.4, 0.5) is 0 Å². The van der Waals surface area contributed by atoms with Gasteiger partial charge in [-0.25, -0.2) is 0 Å². The van der Waals surface area contributed by atoms with Crippen LogP contribution < -0.4 is 4.74 Å². The zero-order chi connectivity index (χ0) is 15.2. The van der Waals surface area contributed by atoms with Gasteiger partial charge in [-0.15, -0.1) is 0 Å². The number of carbonyl (C=O) groups excluding carboxylic acids is 1. The maximum Gasteiger partial charge on any atom is 0.136 e. The summed E-state index contributed by atoms with van der Waals surface area (Å²) in [6.07, 6.45) is 1.50. The minimum Gasteiger partial charge on any atom is -0.487 e. The molecule has 0 aromatic heterocycles. The van der Waals surface area contributed by atoms with E-state index in [0.29, 0.717) is 13.0 Å². The number of carbonyl (C=O) groups is 1. The van der Waals surface area contributed by atoms with Gasteiger partial charge in [0.2, 0.25) is 0 Å². The van der Waals surface area contributed by atoms with Gasteiger partial charge in [0.25, 0.3) is 0 Å². The van der Waals surface area contributed by atoms with E-state index in [1.54, 1.807) is 0 Å². The fourth-order valence-corrected chi connectivity index (χ4v) is 2.93. The highest BCUT2D eigenvalue weighted by molar-refractivity contribution is 9.10. The predicted octanol–water partition coefficient (Wildman–Crippen LogP) is 5.03. The molecule has 0 bridgehead atoms. The van der Waals surface area contributed by atoms with E-state index in [1.807, 2.05) is 43.3 Å². The van der Waals surface area contributed by atoms with Crippen LogP contribution in [-0.4, -0.2) is 6.29 Å². The Hall–Kier alpha value is -1.61. The van der Waals surface area contributed by atoms with Gasteiger partial charge in [-0.1, -0.05) is 43.3 Å². The topological polar surface area (TPSA) is 26.3 Å². The maximum atomic E-state index is 10.6. The average Bonchev–Trinajstić information content (AvgIpc) is 2.47. The van der Waals surface area contributed by atoms with E-state index in [9.17, 15) is 4.79 Å². The largest absolute Gasteiger partial charge is 0.487 e. The molecule has 0 aliphatic carbocycles. The highest BCUT2D eigenvalue weighted by atomic mass is 79.9. The SMILES string of the molecule is Cc1cc(C(C)CC=O)cc(Br)c1OCc1ccccc1. The Morgan fingerprint density at radius 2 is 1.95 bits per heavy atom. The van der Waals surface area contributed by atoms with Crippen LogP contribution in [0.5, 0.6) is 5.75 Å². The van der Waals surface area contributed by atoms with E-state index in [2.05, 4.69) is 28.9 Å². The third-order valence-corrected chi connectivity index (χ3v) is 4.09. The van der Waals surface area contributed by atoms with Crippen LogP contribution >= 0.6 is 15.9 Å². The highest BCUT2D eigenvalue weighted by Crippen LogP contribution is 2.34. The van der Waals surface area contributed by atoms with Crippen LogP contribution in [0.25, 0.3) is 0 Å². The Bertz CT molecular complexity index is 585. The number of ether oxygens (including phenoxy) is 1. The summed E-state index contributed by atoms with van der Waals surface area (Å²) in [5.74, 6) is 1.08. The molecular formula is C18H19BrO2. The van der Waals surface area contributed by atoms with Crippen molar-refractivity contribution in [3.63, 3.8) is 0 Å². The lowest BCUT2D eigenvalue weighted by Crippen LogP contribution is -2.00. The van der Waals surface area contributed by atoms with Crippen molar-refractivity contribution in [3.8, 4) is 5.75 Å². The third kappa shape index (κ3) is 4.18. The minimum atomic E-state index is 0.223. The van der Waals surface area contributed by atoms with Gasteiger partial charge >= 0.3 is 0 Å². The van der Waals surface area contributed by atoms with Crippen molar-refractivity contribution >= 4 is 22.2 Å². The van der Waals surface area contributed by atoms with Gasteiger partial charge in [-0.2, -0.15) is 0 Å². The Balaban J connectivity index is 2.15. The molecule has 0 fully saturated rings. The smallest absolute Gasteiger partial charge is 0.136 e. The zero-order valence-corrected chi connectivity index (χ0v) is 13.9. The van der Waals surface area contributed by atoms with Crippen LogP contribution in [-0.2, 0) is 11.4 Å². The molecule has 0 heterocycles. The second kappa shape index (κ2) is 7.41. The standard InChI is InChI=1S/C18H19BrO2/c1-13(8-9-20)16-10-14(2)18(17(19)11-16)21-12-15-6-4-3-5-7-15/h3-7,9-11,13H,8,12H2,1-2H3. The molecular weight excluding hydrogens is 328 g/mol. The van der Waals surface area contributed by atoms with Gasteiger partial charge in [-0.05, 0) is 51.5 Å². The summed E-state index contributed by atoms with van der Waals surface area (Å²) < 4.78 is 6.87. The van der Waals surface area contributed by atoms with Crippen LogP contribution in [0.2, 0.25) is 0 Å². The highest BCUT2D eigenvalue weighted by Gasteiger charge is 2.12. The molecule has 3 heteroatoms. The molecule has 0 saturated carbocycles. The van der Waals surface area contributed by atoms with E-state index in [0.717, 1.165) is 33.2 Å². The summed E-state index contributed by atoms with van der Waals surface area (Å²) in [6, 6.07) is 14.2. The lowest BCUT2D eigenvalue weighted by atomic mass is 9.96. The minimum absolute atomic E-state index is 0.223. The first-order valence-corrected chi connectivity index (χ1v) is 7.81. The molecule has 0 aliphatic rings. The molecule has 0 spiro atoms. The molecule has 0 saturated heterocycles. The van der Waals surface area contributed by atoms with E-state index >= 15 is 0 Å². The van der Waals surface area contributed by atoms with Crippen molar-refractivity contribution < 1.29 is 9.53 Å². The predicted molar refractivity (Wildman–Crippen MR) is 88.7 cm³/mol. The van der Waals surface area contributed by atoms with Crippen molar-refractivity contribution in [3.05, 3.63) is 63.6 Å². The Labute approximate surface area is 134 Å². The fourth-order valence-electron chi connectivity index (χ4n) is 2.23. The van der Waals surface area contributed by atoms with Crippen LogP contribution in [0.3, 0.4) is 0 Å². The van der Waals surface area contributed by atoms with Gasteiger partial charge in [0, 0.05) is 6.42 Å². The number of aldehydes is 1. The average molecular weight is 347 g/mol. The second-order valence-corrected chi connectivity index (χ2v) is 6.08. The van der Waals surface area contributed by atoms with Crippen molar-refractivity contribution in [2.75, 3.05) is 0 Å². The molecule has 0 N–H and O–H groups in total. The van der Waals surface area contributed by atoms with Gasteiger partial charge < -0.3 is 9.53 Å². The molecule has 2 aromatic carbocycles. The van der Waals surface area contributed by atoms with Gasteiger partial charge in [0.05, 0.1) is 4.47 Å². The molecule has 110 valence electrons. The van der Waals surface area contributed by atoms with E-state index in [4.69, 9.17) is 4.74 Å². The number of hydrogen-bond acceptors (Lipinski definition) is 2. The first-order chi connectivity index (χ1) is 10.1. The summed E-state index contributed by atoms with van der Waals surface area (Å²) in [5, 5.41) is 0. The van der Waals surface area contributed by atoms with Gasteiger partial charge in [-0.3, -0.25) is 0 Å². The van der Waals surface area contributed by atoms with Crippen molar-refractivity contribution in [1.82, 2.24) is 0 Å². The normalized spacial score (nSPS) is 12.0. The summed E-state index contributed by atoms with van der Waals surface area (Å²) in [4.78, 5) is 10.6. The summed E-state index contributed by atoms with van der Waals surface area (Å²) in [6.45, 7) is 4.63. The number of hydrogen-bond donors (Lipinski definition) is 0. The number of aryl methyl sites for hydroxylation is 1. The fraction of sp³-hybridized carbons (Fsp3) is 0.278. The number of halogens is 1. The molecule has 2 aromatic rings. The second-order valence-electron chi connectivity index (χ2n) is 5.23. The summed E-state index contributed by atoms with van der Waals surface area (Å²) >= 11 is 3.58. The quantitative estimate of drug-likeness (QED) is 0.685. The van der Waals surface area contributed by atoms with Crippen LogP contribution in [0, 0.1) is 6.92 Å². The van der Waals surface area contributed by atoms with Gasteiger partial charge in [0.1, 0.15) is 18.6 Å². The first kappa shape index (κ1) is 15.8. The Kier molecular flexibility index (Phi) is 5.57. The molecule has 2 nitrogen and oxygen atoms in total. The molecule has 0 aliphatic heterocycles. The Morgan fingerprint density at radius 1 is 1.24 bits per heavy atom. The Morgan fingerprint density at radius 3 is 2.57 bits per heavy atom. The van der Waals surface area contributed by atoms with E-state index in [1.165, 1.54) is 0 Å². The summed E-state index contributed by atoms with van der Waals surface area (Å²) in [5.41, 5.74) is 3.37. The summed E-state index contributed by atoms with van der Waals surface area (Å²) in [7, 11) is 0. The monoisotopic (exact) mass is 346 g/mol. The molecule has 1 unspecified atom stereocenters. The molecule has 0 amide bonds.